The Bertz CT molecular complexity index is 1040. The average Bonchev–Trinajstić information content (AvgIpc) is 3.26. The molecule has 0 fully saturated rings. The Morgan fingerprint density at radius 2 is 2.00 bits per heavy atom. The molecule has 1 N–H and O–H groups in total. The van der Waals surface area contributed by atoms with Gasteiger partial charge in [0.2, 0.25) is 5.91 Å². The highest BCUT2D eigenvalue weighted by molar-refractivity contribution is 7.15. The molecule has 0 saturated carbocycles. The van der Waals surface area contributed by atoms with Crippen molar-refractivity contribution in [2.24, 2.45) is 0 Å². The van der Waals surface area contributed by atoms with Gasteiger partial charge in [0.25, 0.3) is 0 Å². The molecular weight excluding hydrogens is 358 g/mol. The van der Waals surface area contributed by atoms with E-state index in [4.69, 9.17) is 4.74 Å². The molecule has 27 heavy (non-hydrogen) atoms. The second kappa shape index (κ2) is 7.63. The van der Waals surface area contributed by atoms with Crippen LogP contribution in [0.25, 0.3) is 16.2 Å². The molecule has 5 nitrogen and oxygen atoms in total. The van der Waals surface area contributed by atoms with Gasteiger partial charge in [-0.3, -0.25) is 9.20 Å². The quantitative estimate of drug-likeness (QED) is 0.532. The molecule has 0 saturated heterocycles. The Morgan fingerprint density at radius 1 is 1.19 bits per heavy atom. The maximum absolute atomic E-state index is 12.5. The third kappa shape index (κ3) is 3.85. The zero-order valence-corrected chi connectivity index (χ0v) is 15.7. The van der Waals surface area contributed by atoms with Crippen molar-refractivity contribution < 1.29 is 9.53 Å². The van der Waals surface area contributed by atoms with Crippen molar-refractivity contribution in [3.05, 3.63) is 71.9 Å². The zero-order valence-electron chi connectivity index (χ0n) is 14.9. The van der Waals surface area contributed by atoms with Crippen molar-refractivity contribution >= 4 is 27.9 Å². The van der Waals surface area contributed by atoms with Gasteiger partial charge in [0, 0.05) is 23.3 Å². The molecule has 0 aliphatic rings. The molecule has 0 aliphatic heterocycles. The number of aromatic nitrogens is 2. The first-order chi connectivity index (χ1) is 13.2. The molecule has 1 amide bonds. The molecule has 2 aromatic carbocycles. The van der Waals surface area contributed by atoms with E-state index in [0.717, 1.165) is 33.2 Å². The molecule has 0 spiro atoms. The van der Waals surface area contributed by atoms with Crippen LogP contribution in [0.3, 0.4) is 0 Å². The number of amides is 1. The first-order valence-corrected chi connectivity index (χ1v) is 9.64. The Kier molecular flexibility index (Phi) is 4.89. The smallest absolute Gasteiger partial charge is 0.228 e. The first kappa shape index (κ1) is 17.3. The van der Waals surface area contributed by atoms with Crippen LogP contribution in [0.5, 0.6) is 5.75 Å². The van der Waals surface area contributed by atoms with Gasteiger partial charge in [0.15, 0.2) is 4.96 Å². The SMILES string of the molecule is CCOc1ccc(CC(=O)Nc2ccccc2-c2cn3ccsc3n2)cc1. The molecule has 0 bridgehead atoms. The van der Waals surface area contributed by atoms with E-state index in [1.54, 1.807) is 11.3 Å². The van der Waals surface area contributed by atoms with Gasteiger partial charge in [-0.15, -0.1) is 11.3 Å². The molecule has 4 rings (SSSR count). The topological polar surface area (TPSA) is 55.6 Å². The van der Waals surface area contributed by atoms with E-state index in [1.807, 2.05) is 77.6 Å². The lowest BCUT2D eigenvalue weighted by molar-refractivity contribution is -0.115. The number of benzene rings is 2. The van der Waals surface area contributed by atoms with Crippen LogP contribution >= 0.6 is 11.3 Å². The lowest BCUT2D eigenvalue weighted by atomic mass is 10.1. The fourth-order valence-corrected chi connectivity index (χ4v) is 3.62. The number of hydrogen-bond donors (Lipinski definition) is 1. The molecule has 4 aromatic rings. The zero-order chi connectivity index (χ0) is 18.6. The van der Waals surface area contributed by atoms with Gasteiger partial charge in [-0.05, 0) is 30.7 Å². The number of carbonyl (C=O) groups is 1. The Balaban J connectivity index is 1.50. The van der Waals surface area contributed by atoms with E-state index in [2.05, 4.69) is 10.3 Å². The molecule has 2 aromatic heterocycles. The summed E-state index contributed by atoms with van der Waals surface area (Å²) in [5, 5.41) is 5.01. The van der Waals surface area contributed by atoms with Crippen LogP contribution in [0.4, 0.5) is 5.69 Å². The van der Waals surface area contributed by atoms with Crippen molar-refractivity contribution in [1.82, 2.24) is 9.38 Å². The maximum Gasteiger partial charge on any atom is 0.228 e. The lowest BCUT2D eigenvalue weighted by Gasteiger charge is -2.10. The van der Waals surface area contributed by atoms with Crippen LogP contribution in [-0.4, -0.2) is 21.9 Å². The predicted molar refractivity (Wildman–Crippen MR) is 108 cm³/mol. The molecule has 0 radical (unpaired) electrons. The van der Waals surface area contributed by atoms with Gasteiger partial charge in [-0.1, -0.05) is 30.3 Å². The summed E-state index contributed by atoms with van der Waals surface area (Å²) in [5.74, 6) is 0.749. The fourth-order valence-electron chi connectivity index (χ4n) is 2.92. The number of para-hydroxylation sites is 1. The summed E-state index contributed by atoms with van der Waals surface area (Å²) in [4.78, 5) is 18.1. The normalized spacial score (nSPS) is 10.9. The van der Waals surface area contributed by atoms with Gasteiger partial charge in [0.05, 0.1) is 24.4 Å². The predicted octanol–water partition coefficient (Wildman–Crippen LogP) is 4.64. The lowest BCUT2D eigenvalue weighted by Crippen LogP contribution is -2.15. The van der Waals surface area contributed by atoms with Crippen LogP contribution in [0.2, 0.25) is 0 Å². The molecular formula is C21H19N3O2S. The largest absolute Gasteiger partial charge is 0.494 e. The highest BCUT2D eigenvalue weighted by atomic mass is 32.1. The number of anilines is 1. The van der Waals surface area contributed by atoms with Gasteiger partial charge >= 0.3 is 0 Å². The van der Waals surface area contributed by atoms with E-state index in [0.29, 0.717) is 13.0 Å². The molecule has 136 valence electrons. The number of fused-ring (bicyclic) bond motifs is 1. The summed E-state index contributed by atoms with van der Waals surface area (Å²) in [6.45, 7) is 2.57. The number of imidazole rings is 1. The van der Waals surface area contributed by atoms with Crippen LogP contribution in [0, 0.1) is 0 Å². The van der Waals surface area contributed by atoms with Crippen molar-refractivity contribution in [1.29, 1.82) is 0 Å². The fraction of sp³-hybridized carbons (Fsp3) is 0.143. The summed E-state index contributed by atoms with van der Waals surface area (Å²) < 4.78 is 7.42. The summed E-state index contributed by atoms with van der Waals surface area (Å²) in [6.07, 6.45) is 4.26. The van der Waals surface area contributed by atoms with E-state index in [-0.39, 0.29) is 5.91 Å². The second-order valence-corrected chi connectivity index (χ2v) is 6.94. The average molecular weight is 377 g/mol. The Labute approximate surface area is 161 Å². The van der Waals surface area contributed by atoms with Crippen molar-refractivity contribution in [2.45, 2.75) is 13.3 Å². The monoisotopic (exact) mass is 377 g/mol. The number of carbonyl (C=O) groups excluding carboxylic acids is 1. The maximum atomic E-state index is 12.5. The van der Waals surface area contributed by atoms with E-state index in [9.17, 15) is 4.79 Å². The number of rotatable bonds is 6. The van der Waals surface area contributed by atoms with Crippen molar-refractivity contribution in [3.63, 3.8) is 0 Å². The first-order valence-electron chi connectivity index (χ1n) is 8.76. The van der Waals surface area contributed by atoms with Gasteiger partial charge in [-0.2, -0.15) is 0 Å². The highest BCUT2D eigenvalue weighted by Gasteiger charge is 2.12. The number of nitrogens with zero attached hydrogens (tertiary/aromatic N) is 2. The second-order valence-electron chi connectivity index (χ2n) is 6.07. The van der Waals surface area contributed by atoms with Gasteiger partial charge in [0.1, 0.15) is 5.75 Å². The van der Waals surface area contributed by atoms with Crippen LogP contribution in [-0.2, 0) is 11.2 Å². The van der Waals surface area contributed by atoms with Crippen molar-refractivity contribution in [3.8, 4) is 17.0 Å². The van der Waals surface area contributed by atoms with E-state index < -0.39 is 0 Å². The highest BCUT2D eigenvalue weighted by Crippen LogP contribution is 2.28. The summed E-state index contributed by atoms with van der Waals surface area (Å²) >= 11 is 1.58. The molecule has 0 unspecified atom stereocenters. The van der Waals surface area contributed by atoms with Gasteiger partial charge in [-0.25, -0.2) is 4.98 Å². The minimum atomic E-state index is -0.0624. The third-order valence-corrected chi connectivity index (χ3v) is 4.94. The van der Waals surface area contributed by atoms with Crippen molar-refractivity contribution in [2.75, 3.05) is 11.9 Å². The molecule has 2 heterocycles. The van der Waals surface area contributed by atoms with Crippen LogP contribution in [0.1, 0.15) is 12.5 Å². The number of nitrogens with one attached hydrogen (secondary N) is 1. The summed E-state index contributed by atoms with van der Waals surface area (Å²) in [6, 6.07) is 15.3. The van der Waals surface area contributed by atoms with Gasteiger partial charge < -0.3 is 10.1 Å². The number of thiazole rings is 1. The molecule has 6 heteroatoms. The summed E-state index contributed by atoms with van der Waals surface area (Å²) in [7, 11) is 0. The standard InChI is InChI=1S/C21H19N3O2S/c1-2-26-16-9-7-15(8-10-16)13-20(25)22-18-6-4-3-5-17(18)19-14-24-11-12-27-21(24)23-19/h3-12,14H,2,13H2,1H3,(H,22,25). The molecule has 0 atom stereocenters. The van der Waals surface area contributed by atoms with Crippen LogP contribution < -0.4 is 10.1 Å². The van der Waals surface area contributed by atoms with E-state index >= 15 is 0 Å². The minimum absolute atomic E-state index is 0.0624. The third-order valence-electron chi connectivity index (χ3n) is 4.17. The Hall–Kier alpha value is -3.12. The number of hydrogen-bond acceptors (Lipinski definition) is 4. The minimum Gasteiger partial charge on any atom is -0.494 e. The Morgan fingerprint density at radius 3 is 2.78 bits per heavy atom. The number of ether oxygens (including phenoxy) is 1. The van der Waals surface area contributed by atoms with Crippen LogP contribution in [0.15, 0.2) is 66.3 Å². The summed E-state index contributed by atoms with van der Waals surface area (Å²) in [5.41, 5.74) is 3.46. The molecule has 0 aliphatic carbocycles. The van der Waals surface area contributed by atoms with E-state index in [1.165, 1.54) is 0 Å².